The van der Waals surface area contributed by atoms with Crippen molar-refractivity contribution in [3.05, 3.63) is 23.5 Å². The third-order valence-electron chi connectivity index (χ3n) is 2.32. The highest BCUT2D eigenvalue weighted by Crippen LogP contribution is 2.17. The lowest BCUT2D eigenvalue weighted by Crippen LogP contribution is -2.09. The summed E-state index contributed by atoms with van der Waals surface area (Å²) in [6, 6.07) is 3.78. The smallest absolute Gasteiger partial charge is 0.147 e. The largest absolute Gasteiger partial charge is 0.492 e. The van der Waals surface area contributed by atoms with Crippen LogP contribution in [-0.4, -0.2) is 32.0 Å². The van der Waals surface area contributed by atoms with Crippen molar-refractivity contribution in [1.82, 2.24) is 4.98 Å². The minimum Gasteiger partial charge on any atom is -0.492 e. The molecule has 17 heavy (non-hydrogen) atoms. The molecule has 1 rings (SSSR count). The standard InChI is InChI=1S/C12H19NO3S/c1-4-11-12(7-6-10(2)13-11)16-8-5-9-17(3,14)15/h6-7H,4-5,8-9H2,1-3H3. The van der Waals surface area contributed by atoms with Gasteiger partial charge in [0, 0.05) is 11.9 Å². The zero-order chi connectivity index (χ0) is 12.9. The van der Waals surface area contributed by atoms with Crippen molar-refractivity contribution >= 4 is 9.84 Å². The molecule has 0 radical (unpaired) electrons. The van der Waals surface area contributed by atoms with Crippen LogP contribution in [0.25, 0.3) is 0 Å². The first-order chi connectivity index (χ1) is 7.92. The SMILES string of the molecule is CCc1nc(C)ccc1OCCCS(C)(=O)=O. The monoisotopic (exact) mass is 257 g/mol. The Balaban J connectivity index is 2.52. The van der Waals surface area contributed by atoms with Crippen LogP contribution in [0, 0.1) is 6.92 Å². The molecule has 0 aliphatic heterocycles. The fraction of sp³-hybridized carbons (Fsp3) is 0.583. The second-order valence-electron chi connectivity index (χ2n) is 4.08. The number of ether oxygens (including phenoxy) is 1. The molecule has 0 aromatic carbocycles. The van der Waals surface area contributed by atoms with E-state index in [9.17, 15) is 8.42 Å². The van der Waals surface area contributed by atoms with Crippen LogP contribution < -0.4 is 4.74 Å². The predicted molar refractivity (Wildman–Crippen MR) is 68.2 cm³/mol. The molecule has 1 heterocycles. The predicted octanol–water partition coefficient (Wildman–Crippen LogP) is 1.77. The summed E-state index contributed by atoms with van der Waals surface area (Å²) < 4.78 is 27.4. The highest BCUT2D eigenvalue weighted by Gasteiger charge is 2.05. The van der Waals surface area contributed by atoms with E-state index in [0.29, 0.717) is 13.0 Å². The molecule has 0 saturated heterocycles. The Morgan fingerprint density at radius 1 is 1.35 bits per heavy atom. The number of hydrogen-bond donors (Lipinski definition) is 0. The molecule has 1 aromatic heterocycles. The van der Waals surface area contributed by atoms with Gasteiger partial charge in [0.1, 0.15) is 15.6 Å². The van der Waals surface area contributed by atoms with Gasteiger partial charge in [-0.1, -0.05) is 6.92 Å². The van der Waals surface area contributed by atoms with E-state index >= 15 is 0 Å². The Morgan fingerprint density at radius 3 is 2.65 bits per heavy atom. The van der Waals surface area contributed by atoms with Gasteiger partial charge in [0.2, 0.25) is 0 Å². The van der Waals surface area contributed by atoms with E-state index in [0.717, 1.165) is 23.6 Å². The molecule has 0 saturated carbocycles. The lowest BCUT2D eigenvalue weighted by Gasteiger charge is -2.10. The van der Waals surface area contributed by atoms with Gasteiger partial charge in [0.25, 0.3) is 0 Å². The molecule has 0 spiro atoms. The quantitative estimate of drug-likeness (QED) is 0.729. The average Bonchev–Trinajstić information content (AvgIpc) is 2.24. The van der Waals surface area contributed by atoms with E-state index in [-0.39, 0.29) is 5.75 Å². The maximum Gasteiger partial charge on any atom is 0.147 e. The summed E-state index contributed by atoms with van der Waals surface area (Å²) in [5.74, 6) is 0.917. The van der Waals surface area contributed by atoms with Gasteiger partial charge in [-0.15, -0.1) is 0 Å². The Hall–Kier alpha value is -1.10. The first-order valence-corrected chi connectivity index (χ1v) is 7.75. The van der Waals surface area contributed by atoms with Gasteiger partial charge < -0.3 is 4.74 Å². The van der Waals surface area contributed by atoms with E-state index in [1.165, 1.54) is 6.26 Å². The number of pyridine rings is 1. The highest BCUT2D eigenvalue weighted by molar-refractivity contribution is 7.90. The summed E-state index contributed by atoms with van der Waals surface area (Å²) in [6.45, 7) is 4.36. The van der Waals surface area contributed by atoms with Crippen molar-refractivity contribution in [3.8, 4) is 5.75 Å². The lowest BCUT2D eigenvalue weighted by atomic mass is 10.2. The van der Waals surface area contributed by atoms with E-state index in [2.05, 4.69) is 4.98 Å². The third-order valence-corrected chi connectivity index (χ3v) is 3.35. The van der Waals surface area contributed by atoms with Crippen LogP contribution in [-0.2, 0) is 16.3 Å². The van der Waals surface area contributed by atoms with Crippen molar-refractivity contribution in [3.63, 3.8) is 0 Å². The highest BCUT2D eigenvalue weighted by atomic mass is 32.2. The number of rotatable bonds is 6. The first kappa shape index (κ1) is 14.0. The van der Waals surface area contributed by atoms with Crippen LogP contribution in [0.3, 0.4) is 0 Å². The Kier molecular flexibility index (Phi) is 4.93. The van der Waals surface area contributed by atoms with Gasteiger partial charge >= 0.3 is 0 Å². The molecule has 0 fully saturated rings. The molecule has 0 unspecified atom stereocenters. The van der Waals surface area contributed by atoms with E-state index < -0.39 is 9.84 Å². The van der Waals surface area contributed by atoms with Crippen molar-refractivity contribution in [2.45, 2.75) is 26.7 Å². The van der Waals surface area contributed by atoms with Gasteiger partial charge in [-0.25, -0.2) is 8.42 Å². The van der Waals surface area contributed by atoms with Crippen molar-refractivity contribution in [1.29, 1.82) is 0 Å². The fourth-order valence-corrected chi connectivity index (χ4v) is 2.13. The van der Waals surface area contributed by atoms with Gasteiger partial charge in [0.05, 0.1) is 18.1 Å². The minimum absolute atomic E-state index is 0.160. The molecular weight excluding hydrogens is 238 g/mol. The number of sulfone groups is 1. The van der Waals surface area contributed by atoms with Crippen LogP contribution in [0.15, 0.2) is 12.1 Å². The number of aryl methyl sites for hydroxylation is 2. The van der Waals surface area contributed by atoms with Crippen molar-refractivity contribution < 1.29 is 13.2 Å². The number of hydrogen-bond acceptors (Lipinski definition) is 4. The van der Waals surface area contributed by atoms with E-state index in [4.69, 9.17) is 4.74 Å². The van der Waals surface area contributed by atoms with Crippen molar-refractivity contribution in [2.24, 2.45) is 0 Å². The first-order valence-electron chi connectivity index (χ1n) is 5.69. The lowest BCUT2D eigenvalue weighted by molar-refractivity contribution is 0.313. The Labute approximate surface area is 103 Å². The second-order valence-corrected chi connectivity index (χ2v) is 6.34. The average molecular weight is 257 g/mol. The van der Waals surface area contributed by atoms with Gasteiger partial charge in [-0.2, -0.15) is 0 Å². The maximum absolute atomic E-state index is 10.9. The van der Waals surface area contributed by atoms with Crippen LogP contribution in [0.1, 0.15) is 24.7 Å². The molecule has 0 bridgehead atoms. The van der Waals surface area contributed by atoms with Gasteiger partial charge in [-0.3, -0.25) is 4.98 Å². The number of nitrogens with zero attached hydrogens (tertiary/aromatic N) is 1. The van der Waals surface area contributed by atoms with Crippen LogP contribution >= 0.6 is 0 Å². The van der Waals surface area contributed by atoms with Gasteiger partial charge in [-0.05, 0) is 31.9 Å². The zero-order valence-electron chi connectivity index (χ0n) is 10.6. The molecule has 0 amide bonds. The summed E-state index contributed by atoms with van der Waals surface area (Å²) in [5, 5.41) is 0. The van der Waals surface area contributed by atoms with Crippen LogP contribution in [0.4, 0.5) is 0 Å². The second kappa shape index (κ2) is 6.00. The summed E-state index contributed by atoms with van der Waals surface area (Å²) in [4.78, 5) is 4.38. The molecule has 0 N–H and O–H groups in total. The van der Waals surface area contributed by atoms with Crippen LogP contribution in [0.5, 0.6) is 5.75 Å². The molecule has 0 atom stereocenters. The Bertz CT molecular complexity index is 469. The topological polar surface area (TPSA) is 56.3 Å². The molecule has 96 valence electrons. The maximum atomic E-state index is 10.9. The summed E-state index contributed by atoms with van der Waals surface area (Å²) >= 11 is 0. The van der Waals surface area contributed by atoms with E-state index in [1.54, 1.807) is 0 Å². The summed E-state index contributed by atoms with van der Waals surface area (Å²) in [6.07, 6.45) is 2.55. The van der Waals surface area contributed by atoms with E-state index in [1.807, 2.05) is 26.0 Å². The minimum atomic E-state index is -2.90. The molecular formula is C12H19NO3S. The van der Waals surface area contributed by atoms with Crippen molar-refractivity contribution in [2.75, 3.05) is 18.6 Å². The summed E-state index contributed by atoms with van der Waals surface area (Å²) in [5.41, 5.74) is 1.88. The molecule has 4 nitrogen and oxygen atoms in total. The summed E-state index contributed by atoms with van der Waals surface area (Å²) in [7, 11) is -2.90. The fourth-order valence-electron chi connectivity index (χ4n) is 1.49. The number of aromatic nitrogens is 1. The van der Waals surface area contributed by atoms with Crippen LogP contribution in [0.2, 0.25) is 0 Å². The third kappa shape index (κ3) is 5.17. The molecule has 0 aliphatic carbocycles. The normalized spacial score (nSPS) is 11.5. The molecule has 5 heteroatoms. The molecule has 1 aromatic rings. The zero-order valence-corrected chi connectivity index (χ0v) is 11.4. The molecule has 0 aliphatic rings. The Morgan fingerprint density at radius 2 is 2.06 bits per heavy atom. The van der Waals surface area contributed by atoms with Gasteiger partial charge in [0.15, 0.2) is 0 Å².